The highest BCUT2D eigenvalue weighted by Gasteiger charge is 2.46. The fourth-order valence-electron chi connectivity index (χ4n) is 3.44. The maximum absolute atomic E-state index is 13.9. The van der Waals surface area contributed by atoms with Crippen LogP contribution in [0.3, 0.4) is 0 Å². The zero-order valence-corrected chi connectivity index (χ0v) is 15.6. The van der Waals surface area contributed by atoms with Crippen molar-refractivity contribution in [1.29, 1.82) is 0 Å². The van der Waals surface area contributed by atoms with Crippen molar-refractivity contribution in [3.05, 3.63) is 43.0 Å². The second-order valence-corrected chi connectivity index (χ2v) is 7.14. The van der Waals surface area contributed by atoms with Gasteiger partial charge in [-0.15, -0.1) is 5.10 Å². The van der Waals surface area contributed by atoms with Gasteiger partial charge in [0.1, 0.15) is 6.33 Å². The SMILES string of the molecule is COc1ncnc2ccc(-c3ccn4nc(NCC(F)(F)C5CC5)ncc34)cc12. The summed E-state index contributed by atoms with van der Waals surface area (Å²) in [6, 6.07) is 7.71. The molecule has 1 aromatic carbocycles. The highest BCUT2D eigenvalue weighted by Crippen LogP contribution is 2.43. The molecule has 1 aliphatic carbocycles. The number of hydrogen-bond donors (Lipinski definition) is 1. The van der Waals surface area contributed by atoms with Gasteiger partial charge in [-0.3, -0.25) is 0 Å². The summed E-state index contributed by atoms with van der Waals surface area (Å²) in [4.78, 5) is 12.6. The largest absolute Gasteiger partial charge is 0.480 e. The molecule has 1 aliphatic rings. The molecule has 29 heavy (non-hydrogen) atoms. The molecular formula is C20H18F2N6O. The van der Waals surface area contributed by atoms with Crippen molar-refractivity contribution < 1.29 is 13.5 Å². The summed E-state index contributed by atoms with van der Waals surface area (Å²) in [7, 11) is 1.57. The van der Waals surface area contributed by atoms with E-state index in [0.717, 1.165) is 27.5 Å². The Morgan fingerprint density at radius 2 is 2.07 bits per heavy atom. The zero-order chi connectivity index (χ0) is 20.0. The fourth-order valence-corrected chi connectivity index (χ4v) is 3.44. The number of ether oxygens (including phenoxy) is 1. The van der Waals surface area contributed by atoms with E-state index < -0.39 is 18.4 Å². The van der Waals surface area contributed by atoms with Crippen molar-refractivity contribution in [2.75, 3.05) is 19.0 Å². The smallest absolute Gasteiger partial charge is 0.267 e. The highest BCUT2D eigenvalue weighted by molar-refractivity contribution is 5.91. The molecule has 0 atom stereocenters. The van der Waals surface area contributed by atoms with E-state index >= 15 is 0 Å². The third kappa shape index (κ3) is 3.22. The van der Waals surface area contributed by atoms with Gasteiger partial charge in [0.15, 0.2) is 0 Å². The van der Waals surface area contributed by atoms with Crippen LogP contribution in [0.15, 0.2) is 43.0 Å². The van der Waals surface area contributed by atoms with Crippen molar-refractivity contribution in [3.8, 4) is 17.0 Å². The van der Waals surface area contributed by atoms with Crippen molar-refractivity contribution in [2.24, 2.45) is 5.92 Å². The first kappa shape index (κ1) is 17.7. The van der Waals surface area contributed by atoms with Crippen LogP contribution in [0.5, 0.6) is 5.88 Å². The Bertz CT molecular complexity index is 1200. The van der Waals surface area contributed by atoms with Gasteiger partial charge in [-0.2, -0.15) is 0 Å². The maximum Gasteiger partial charge on any atom is 0.267 e. The molecule has 9 heteroatoms. The number of methoxy groups -OCH3 is 1. The molecule has 7 nitrogen and oxygen atoms in total. The molecular weight excluding hydrogens is 378 g/mol. The Hall–Kier alpha value is -3.36. The summed E-state index contributed by atoms with van der Waals surface area (Å²) in [6.07, 6.45) is 6.03. The van der Waals surface area contributed by atoms with E-state index in [9.17, 15) is 8.78 Å². The lowest BCUT2D eigenvalue weighted by Gasteiger charge is -2.15. The Morgan fingerprint density at radius 3 is 2.86 bits per heavy atom. The number of rotatable bonds is 6. The zero-order valence-electron chi connectivity index (χ0n) is 15.6. The first-order chi connectivity index (χ1) is 14.0. The van der Waals surface area contributed by atoms with E-state index in [2.05, 4.69) is 25.4 Å². The van der Waals surface area contributed by atoms with Crippen molar-refractivity contribution >= 4 is 22.4 Å². The first-order valence-corrected chi connectivity index (χ1v) is 9.30. The molecule has 1 saturated carbocycles. The van der Waals surface area contributed by atoms with Crippen LogP contribution in [-0.4, -0.2) is 44.1 Å². The molecule has 0 unspecified atom stereocenters. The average Bonchev–Trinajstić information content (AvgIpc) is 3.52. The lowest BCUT2D eigenvalue weighted by atomic mass is 10.1. The van der Waals surface area contributed by atoms with E-state index in [-0.39, 0.29) is 5.95 Å². The maximum atomic E-state index is 13.9. The Kier molecular flexibility index (Phi) is 4.04. The van der Waals surface area contributed by atoms with Crippen LogP contribution in [0.4, 0.5) is 14.7 Å². The minimum absolute atomic E-state index is 0.175. The van der Waals surface area contributed by atoms with Crippen molar-refractivity contribution in [1.82, 2.24) is 24.6 Å². The quantitative estimate of drug-likeness (QED) is 0.534. The number of anilines is 1. The molecule has 0 spiro atoms. The predicted molar refractivity (Wildman–Crippen MR) is 104 cm³/mol. The van der Waals surface area contributed by atoms with Gasteiger partial charge in [-0.25, -0.2) is 28.2 Å². The van der Waals surface area contributed by atoms with Crippen LogP contribution in [0, 0.1) is 5.92 Å². The lowest BCUT2D eigenvalue weighted by molar-refractivity contribution is -0.00833. The van der Waals surface area contributed by atoms with Gasteiger partial charge in [0, 0.05) is 17.7 Å². The van der Waals surface area contributed by atoms with Gasteiger partial charge < -0.3 is 10.1 Å². The molecule has 4 aromatic rings. The van der Waals surface area contributed by atoms with Gasteiger partial charge in [-0.05, 0) is 36.6 Å². The van der Waals surface area contributed by atoms with Crippen LogP contribution in [0.25, 0.3) is 27.5 Å². The second kappa shape index (κ2) is 6.61. The molecule has 0 radical (unpaired) electrons. The summed E-state index contributed by atoms with van der Waals surface area (Å²) in [5.74, 6) is -2.58. The third-order valence-electron chi connectivity index (χ3n) is 5.18. The third-order valence-corrected chi connectivity index (χ3v) is 5.18. The number of hydrogen-bond acceptors (Lipinski definition) is 6. The minimum Gasteiger partial charge on any atom is -0.480 e. The molecule has 1 N–H and O–H groups in total. The molecule has 0 aliphatic heterocycles. The summed E-state index contributed by atoms with van der Waals surface area (Å²) >= 11 is 0. The summed E-state index contributed by atoms with van der Waals surface area (Å²) in [6.45, 7) is -0.457. The fraction of sp³-hybridized carbons (Fsp3) is 0.300. The number of benzene rings is 1. The molecule has 0 bridgehead atoms. The normalized spacial score (nSPS) is 14.4. The van der Waals surface area contributed by atoms with Gasteiger partial charge in [0.2, 0.25) is 11.8 Å². The van der Waals surface area contributed by atoms with E-state index in [0.29, 0.717) is 18.7 Å². The number of nitrogens with zero attached hydrogens (tertiary/aromatic N) is 5. The van der Waals surface area contributed by atoms with Crippen molar-refractivity contribution in [2.45, 2.75) is 18.8 Å². The topological polar surface area (TPSA) is 77.2 Å². The molecule has 3 aromatic heterocycles. The second-order valence-electron chi connectivity index (χ2n) is 7.14. The number of aromatic nitrogens is 5. The number of halogens is 2. The van der Waals surface area contributed by atoms with Gasteiger partial charge in [0.25, 0.3) is 5.92 Å². The summed E-state index contributed by atoms with van der Waals surface area (Å²) < 4.78 is 34.7. The Balaban J connectivity index is 1.46. The minimum atomic E-state index is -2.73. The van der Waals surface area contributed by atoms with E-state index in [1.54, 1.807) is 24.0 Å². The molecule has 148 valence electrons. The van der Waals surface area contributed by atoms with Crippen LogP contribution in [0.2, 0.25) is 0 Å². The first-order valence-electron chi connectivity index (χ1n) is 9.30. The average molecular weight is 396 g/mol. The van der Waals surface area contributed by atoms with Crippen LogP contribution in [-0.2, 0) is 0 Å². The standard InChI is InChI=1S/C20H18F2N6O/c1-29-18-15-8-12(2-5-16(15)25-11-26-18)14-6-7-28-17(14)9-23-19(27-28)24-10-20(21,22)13-3-4-13/h2,5-9,11,13H,3-4,10H2,1H3,(H,24,27). The van der Waals surface area contributed by atoms with E-state index in [1.807, 2.05) is 24.3 Å². The van der Waals surface area contributed by atoms with Crippen LogP contribution < -0.4 is 10.1 Å². The molecule has 0 saturated heterocycles. The molecule has 5 rings (SSSR count). The Morgan fingerprint density at radius 1 is 1.21 bits per heavy atom. The Labute approximate surface area is 164 Å². The number of nitrogens with one attached hydrogen (secondary N) is 1. The van der Waals surface area contributed by atoms with E-state index in [1.165, 1.54) is 6.33 Å². The summed E-state index contributed by atoms with van der Waals surface area (Å²) in [5, 5.41) is 7.77. The van der Waals surface area contributed by atoms with Gasteiger partial charge >= 0.3 is 0 Å². The highest BCUT2D eigenvalue weighted by atomic mass is 19.3. The number of fused-ring (bicyclic) bond motifs is 2. The van der Waals surface area contributed by atoms with Crippen LogP contribution >= 0.6 is 0 Å². The lowest BCUT2D eigenvalue weighted by Crippen LogP contribution is -2.30. The monoisotopic (exact) mass is 396 g/mol. The molecule has 1 fully saturated rings. The van der Waals surface area contributed by atoms with Crippen LogP contribution in [0.1, 0.15) is 12.8 Å². The predicted octanol–water partition coefficient (Wildman–Crippen LogP) is 3.81. The van der Waals surface area contributed by atoms with Crippen molar-refractivity contribution in [3.63, 3.8) is 0 Å². The van der Waals surface area contributed by atoms with E-state index in [4.69, 9.17) is 4.74 Å². The molecule has 0 amide bonds. The van der Waals surface area contributed by atoms with Gasteiger partial charge in [0.05, 0.1) is 36.3 Å². The molecule has 3 heterocycles. The number of alkyl halides is 2. The van der Waals surface area contributed by atoms with Gasteiger partial charge in [-0.1, -0.05) is 6.07 Å². The summed E-state index contributed by atoms with van der Waals surface area (Å²) in [5.41, 5.74) is 3.38.